The number of amides is 1. The number of hydrogen-bond donors (Lipinski definition) is 2. The van der Waals surface area contributed by atoms with E-state index in [1.807, 2.05) is 6.92 Å². The van der Waals surface area contributed by atoms with Crippen molar-refractivity contribution in [2.24, 2.45) is 11.7 Å². The maximum Gasteiger partial charge on any atom is 0.257 e. The molecule has 8 heteroatoms. The fourth-order valence-electron chi connectivity index (χ4n) is 3.11. The molecule has 3 rings (SSSR count). The highest BCUT2D eigenvalue weighted by Crippen LogP contribution is 2.23. The molecule has 0 bridgehead atoms. The summed E-state index contributed by atoms with van der Waals surface area (Å²) < 4.78 is 26.7. The van der Waals surface area contributed by atoms with Crippen LogP contribution in [0.3, 0.4) is 0 Å². The number of hydrogen-bond acceptors (Lipinski definition) is 5. The number of carbonyl (C=O) groups excluding carboxylic acids is 1. The van der Waals surface area contributed by atoms with Gasteiger partial charge in [0.25, 0.3) is 5.91 Å². The third kappa shape index (κ3) is 3.40. The molecule has 0 aromatic heterocycles. The van der Waals surface area contributed by atoms with Gasteiger partial charge in [-0.05, 0) is 24.1 Å². The summed E-state index contributed by atoms with van der Waals surface area (Å²) in [6, 6.07) is 7.65. The average Bonchev–Trinajstić information content (AvgIpc) is 2.66. The molecular formula is C18H23N3O4S. The van der Waals surface area contributed by atoms with Crippen molar-refractivity contribution in [3.63, 3.8) is 0 Å². The quantitative estimate of drug-likeness (QED) is 0.813. The fraction of sp³-hybridized carbons (Fsp3) is 0.389. The van der Waals surface area contributed by atoms with Crippen molar-refractivity contribution in [1.29, 1.82) is 0 Å². The van der Waals surface area contributed by atoms with E-state index < -0.39 is 16.1 Å². The lowest BCUT2D eigenvalue weighted by molar-refractivity contribution is -0.128. The number of piperazine rings is 1. The van der Waals surface area contributed by atoms with Gasteiger partial charge in [-0.25, -0.2) is 8.42 Å². The summed E-state index contributed by atoms with van der Waals surface area (Å²) in [6.45, 7) is 2.82. The van der Waals surface area contributed by atoms with E-state index in [9.17, 15) is 18.3 Å². The average molecular weight is 377 g/mol. The fourth-order valence-corrected chi connectivity index (χ4v) is 4.55. The molecule has 1 amide bonds. The van der Waals surface area contributed by atoms with Crippen LogP contribution in [0.25, 0.3) is 0 Å². The number of benzene rings is 1. The van der Waals surface area contributed by atoms with Gasteiger partial charge in [0.1, 0.15) is 5.76 Å². The summed E-state index contributed by atoms with van der Waals surface area (Å²) in [5, 5.41) is 10.2. The molecule has 1 aliphatic heterocycles. The van der Waals surface area contributed by atoms with Crippen LogP contribution in [0, 0.1) is 5.92 Å². The van der Waals surface area contributed by atoms with E-state index in [4.69, 9.17) is 5.73 Å². The largest absolute Gasteiger partial charge is 0.510 e. The molecule has 1 aromatic rings. The normalized spacial score (nSPS) is 24.8. The minimum absolute atomic E-state index is 0.0422. The highest BCUT2D eigenvalue weighted by Gasteiger charge is 2.33. The molecule has 0 spiro atoms. The van der Waals surface area contributed by atoms with E-state index >= 15 is 0 Å². The summed E-state index contributed by atoms with van der Waals surface area (Å²) in [7, 11) is -3.56. The van der Waals surface area contributed by atoms with Gasteiger partial charge < -0.3 is 15.7 Å². The second kappa shape index (κ2) is 7.22. The van der Waals surface area contributed by atoms with Crippen molar-refractivity contribution >= 4 is 15.9 Å². The van der Waals surface area contributed by atoms with Crippen molar-refractivity contribution in [3.05, 3.63) is 53.8 Å². The zero-order valence-electron chi connectivity index (χ0n) is 14.6. The Morgan fingerprint density at radius 1 is 1.15 bits per heavy atom. The Labute approximate surface area is 153 Å². The number of sulfonamides is 1. The molecular weight excluding hydrogens is 354 g/mol. The first-order valence-corrected chi connectivity index (χ1v) is 9.98. The van der Waals surface area contributed by atoms with E-state index in [-0.39, 0.29) is 54.2 Å². The molecule has 2 unspecified atom stereocenters. The van der Waals surface area contributed by atoms with Crippen LogP contribution in [0.4, 0.5) is 0 Å². The van der Waals surface area contributed by atoms with Crippen LogP contribution < -0.4 is 5.73 Å². The van der Waals surface area contributed by atoms with Gasteiger partial charge in [-0.1, -0.05) is 31.2 Å². The number of nitrogens with zero attached hydrogens (tertiary/aromatic N) is 2. The first kappa shape index (κ1) is 18.6. The van der Waals surface area contributed by atoms with Crippen molar-refractivity contribution < 1.29 is 18.3 Å². The predicted octanol–water partition coefficient (Wildman–Crippen LogP) is 0.865. The summed E-state index contributed by atoms with van der Waals surface area (Å²) in [5.74, 6) is -0.471. The Kier molecular flexibility index (Phi) is 5.17. The van der Waals surface area contributed by atoms with E-state index in [0.717, 1.165) is 0 Å². The van der Waals surface area contributed by atoms with Gasteiger partial charge in [-0.15, -0.1) is 0 Å². The van der Waals surface area contributed by atoms with Gasteiger partial charge in [0.05, 0.1) is 16.5 Å². The van der Waals surface area contributed by atoms with E-state index in [2.05, 4.69) is 0 Å². The molecule has 0 radical (unpaired) electrons. The van der Waals surface area contributed by atoms with Gasteiger partial charge in [0, 0.05) is 26.2 Å². The Balaban J connectivity index is 1.69. The lowest BCUT2D eigenvalue weighted by Gasteiger charge is -2.35. The molecule has 1 fully saturated rings. The van der Waals surface area contributed by atoms with Gasteiger partial charge in [-0.3, -0.25) is 4.79 Å². The molecule has 1 saturated heterocycles. The van der Waals surface area contributed by atoms with E-state index in [1.54, 1.807) is 47.4 Å². The van der Waals surface area contributed by atoms with Crippen LogP contribution in [0.5, 0.6) is 0 Å². The standard InChI is InChI=1S/C18H23N3O4S/c1-13-7-8-15(17(22)16(13)19)18(23)20-9-11-21(12-10-20)26(24,25)14-5-3-2-4-6-14/h2-8,13,16,22H,9-12,19H2,1H3. The van der Waals surface area contributed by atoms with Crippen molar-refractivity contribution in [3.8, 4) is 0 Å². The number of nitrogens with two attached hydrogens (primary N) is 1. The lowest BCUT2D eigenvalue weighted by atomic mass is 9.91. The first-order valence-electron chi connectivity index (χ1n) is 8.53. The molecule has 1 aromatic carbocycles. The highest BCUT2D eigenvalue weighted by atomic mass is 32.2. The molecule has 2 atom stereocenters. The number of rotatable bonds is 3. The topological polar surface area (TPSA) is 104 Å². The van der Waals surface area contributed by atoms with Crippen LogP contribution in [0.15, 0.2) is 58.7 Å². The Bertz CT molecular complexity index is 840. The molecule has 2 aliphatic rings. The van der Waals surface area contributed by atoms with Crippen LogP contribution in [-0.4, -0.2) is 60.9 Å². The number of carbonyl (C=O) groups is 1. The second-order valence-corrected chi connectivity index (χ2v) is 8.49. The van der Waals surface area contributed by atoms with Gasteiger partial charge in [-0.2, -0.15) is 4.31 Å². The summed E-state index contributed by atoms with van der Waals surface area (Å²) in [5.41, 5.74) is 6.10. The van der Waals surface area contributed by atoms with Crippen LogP contribution in [0.1, 0.15) is 6.92 Å². The molecule has 1 heterocycles. The molecule has 140 valence electrons. The maximum atomic E-state index is 12.7. The van der Waals surface area contributed by atoms with Crippen molar-refractivity contribution in [1.82, 2.24) is 9.21 Å². The van der Waals surface area contributed by atoms with Crippen molar-refractivity contribution in [2.75, 3.05) is 26.2 Å². The Morgan fingerprint density at radius 2 is 1.77 bits per heavy atom. The minimum atomic E-state index is -3.56. The van der Waals surface area contributed by atoms with Crippen molar-refractivity contribution in [2.45, 2.75) is 17.9 Å². The lowest BCUT2D eigenvalue weighted by Crippen LogP contribution is -2.51. The maximum absolute atomic E-state index is 12.7. The second-order valence-electron chi connectivity index (χ2n) is 6.55. The zero-order chi connectivity index (χ0) is 18.9. The molecule has 3 N–H and O–H groups in total. The predicted molar refractivity (Wildman–Crippen MR) is 97.7 cm³/mol. The van der Waals surface area contributed by atoms with Gasteiger partial charge >= 0.3 is 0 Å². The van der Waals surface area contributed by atoms with Crippen LogP contribution in [0.2, 0.25) is 0 Å². The molecule has 7 nitrogen and oxygen atoms in total. The Hall–Kier alpha value is -2.16. The summed E-state index contributed by atoms with van der Waals surface area (Å²) in [6.07, 6.45) is 3.40. The smallest absolute Gasteiger partial charge is 0.257 e. The third-order valence-corrected chi connectivity index (χ3v) is 6.77. The first-order chi connectivity index (χ1) is 12.3. The van der Waals surface area contributed by atoms with Crippen LogP contribution >= 0.6 is 0 Å². The monoisotopic (exact) mass is 377 g/mol. The Morgan fingerprint density at radius 3 is 2.38 bits per heavy atom. The van der Waals surface area contributed by atoms with E-state index in [1.165, 1.54) is 4.31 Å². The molecule has 26 heavy (non-hydrogen) atoms. The molecule has 0 saturated carbocycles. The van der Waals surface area contributed by atoms with Gasteiger partial charge in [0.15, 0.2) is 0 Å². The number of aliphatic hydroxyl groups excluding tert-OH is 1. The zero-order valence-corrected chi connectivity index (χ0v) is 15.4. The summed E-state index contributed by atoms with van der Waals surface area (Å²) >= 11 is 0. The summed E-state index contributed by atoms with van der Waals surface area (Å²) in [4.78, 5) is 14.5. The van der Waals surface area contributed by atoms with Crippen LogP contribution in [-0.2, 0) is 14.8 Å². The minimum Gasteiger partial charge on any atom is -0.510 e. The van der Waals surface area contributed by atoms with Gasteiger partial charge in [0.2, 0.25) is 10.0 Å². The van der Waals surface area contributed by atoms with E-state index in [0.29, 0.717) is 0 Å². The SMILES string of the molecule is CC1C=CC(C(=O)N2CCN(S(=O)(=O)c3ccccc3)CC2)=C(O)C1N. The molecule has 1 aliphatic carbocycles. The number of aliphatic hydroxyl groups is 1. The highest BCUT2D eigenvalue weighted by molar-refractivity contribution is 7.89. The third-order valence-electron chi connectivity index (χ3n) is 4.86.